The van der Waals surface area contributed by atoms with Crippen LogP contribution in [0.2, 0.25) is 0 Å². The van der Waals surface area contributed by atoms with Gasteiger partial charge in [-0.1, -0.05) is 24.3 Å². The summed E-state index contributed by atoms with van der Waals surface area (Å²) >= 11 is 0. The van der Waals surface area contributed by atoms with E-state index in [0.29, 0.717) is 23.8 Å². The molecule has 5 heteroatoms. The first-order valence-corrected chi connectivity index (χ1v) is 8.34. The topological polar surface area (TPSA) is 56.8 Å². The van der Waals surface area contributed by atoms with Gasteiger partial charge in [0, 0.05) is 12.0 Å². The molecular formula is C20H23NO4. The van der Waals surface area contributed by atoms with Crippen LogP contribution in [0.1, 0.15) is 18.4 Å². The highest BCUT2D eigenvalue weighted by molar-refractivity contribution is 5.77. The van der Waals surface area contributed by atoms with E-state index < -0.39 is 0 Å². The molecule has 3 rings (SSSR count). The highest BCUT2D eigenvalue weighted by Crippen LogP contribution is 2.49. The number of benzene rings is 2. The zero-order chi connectivity index (χ0) is 17.7. The molecule has 0 heterocycles. The van der Waals surface area contributed by atoms with Crippen LogP contribution < -0.4 is 19.5 Å². The van der Waals surface area contributed by atoms with Crippen LogP contribution in [0.25, 0.3) is 0 Å². The quantitative estimate of drug-likeness (QED) is 0.802. The minimum Gasteiger partial charge on any atom is -0.493 e. The summed E-state index contributed by atoms with van der Waals surface area (Å²) in [7, 11) is 3.25. The Morgan fingerprint density at radius 3 is 2.40 bits per heavy atom. The van der Waals surface area contributed by atoms with E-state index in [-0.39, 0.29) is 17.9 Å². The van der Waals surface area contributed by atoms with Crippen LogP contribution in [0, 0.1) is 0 Å². The second-order valence-electron chi connectivity index (χ2n) is 6.23. The second-order valence-corrected chi connectivity index (χ2v) is 6.23. The third kappa shape index (κ3) is 4.05. The van der Waals surface area contributed by atoms with Gasteiger partial charge in [-0.2, -0.15) is 0 Å². The van der Waals surface area contributed by atoms with Gasteiger partial charge in [0.15, 0.2) is 18.1 Å². The molecule has 1 amide bonds. The highest BCUT2D eigenvalue weighted by Gasteiger charge is 2.44. The lowest BCUT2D eigenvalue weighted by Gasteiger charge is -2.18. The van der Waals surface area contributed by atoms with E-state index in [9.17, 15) is 4.79 Å². The van der Waals surface area contributed by atoms with Crippen LogP contribution in [0.15, 0.2) is 48.5 Å². The number of hydrogen-bond acceptors (Lipinski definition) is 4. The molecular weight excluding hydrogens is 318 g/mol. The second kappa shape index (κ2) is 7.47. The van der Waals surface area contributed by atoms with Crippen molar-refractivity contribution in [2.75, 3.05) is 27.4 Å². The van der Waals surface area contributed by atoms with Gasteiger partial charge in [-0.15, -0.1) is 0 Å². The number of hydrogen-bond donors (Lipinski definition) is 1. The first-order chi connectivity index (χ1) is 12.2. The van der Waals surface area contributed by atoms with Crippen molar-refractivity contribution in [1.82, 2.24) is 5.32 Å². The fourth-order valence-corrected chi connectivity index (χ4v) is 2.87. The smallest absolute Gasteiger partial charge is 0.257 e. The number of rotatable bonds is 8. The monoisotopic (exact) mass is 341 g/mol. The summed E-state index contributed by atoms with van der Waals surface area (Å²) in [5, 5.41) is 2.98. The van der Waals surface area contributed by atoms with Gasteiger partial charge in [-0.05, 0) is 42.7 Å². The molecule has 0 spiro atoms. The van der Waals surface area contributed by atoms with E-state index in [1.54, 1.807) is 14.2 Å². The first-order valence-electron chi connectivity index (χ1n) is 8.34. The number of carbonyl (C=O) groups is 1. The highest BCUT2D eigenvalue weighted by atomic mass is 16.5. The van der Waals surface area contributed by atoms with Crippen molar-refractivity contribution in [1.29, 1.82) is 0 Å². The molecule has 0 aliphatic heterocycles. The maximum atomic E-state index is 12.1. The van der Waals surface area contributed by atoms with E-state index >= 15 is 0 Å². The molecule has 1 saturated carbocycles. The van der Waals surface area contributed by atoms with Crippen LogP contribution in [0.4, 0.5) is 0 Å². The number of carbonyl (C=O) groups excluding carboxylic acids is 1. The van der Waals surface area contributed by atoms with Crippen LogP contribution in [-0.4, -0.2) is 33.3 Å². The summed E-state index contributed by atoms with van der Waals surface area (Å²) in [5.41, 5.74) is 1.15. The predicted octanol–water partition coefficient (Wildman–Crippen LogP) is 2.93. The molecule has 25 heavy (non-hydrogen) atoms. The molecule has 1 N–H and O–H groups in total. The van der Waals surface area contributed by atoms with E-state index in [4.69, 9.17) is 14.2 Å². The Kier molecular flexibility index (Phi) is 5.12. The average molecular weight is 341 g/mol. The van der Waals surface area contributed by atoms with E-state index in [1.807, 2.05) is 48.5 Å². The molecule has 2 aromatic carbocycles. The molecule has 132 valence electrons. The van der Waals surface area contributed by atoms with Crippen LogP contribution >= 0.6 is 0 Å². The van der Waals surface area contributed by atoms with Gasteiger partial charge in [0.25, 0.3) is 5.91 Å². The van der Waals surface area contributed by atoms with Crippen LogP contribution in [-0.2, 0) is 10.2 Å². The molecule has 5 nitrogen and oxygen atoms in total. The number of methoxy groups -OCH3 is 2. The molecule has 0 radical (unpaired) electrons. The molecule has 1 fully saturated rings. The van der Waals surface area contributed by atoms with E-state index in [0.717, 1.165) is 18.4 Å². The van der Waals surface area contributed by atoms with E-state index in [1.165, 1.54) is 0 Å². The summed E-state index contributed by atoms with van der Waals surface area (Å²) in [4.78, 5) is 12.1. The fourth-order valence-electron chi connectivity index (χ4n) is 2.87. The minimum atomic E-state index is -0.115. The Morgan fingerprint density at radius 2 is 1.76 bits per heavy atom. The summed E-state index contributed by atoms with van der Waals surface area (Å²) in [6.07, 6.45) is 2.09. The van der Waals surface area contributed by atoms with Crippen molar-refractivity contribution >= 4 is 5.91 Å². The van der Waals surface area contributed by atoms with Gasteiger partial charge in [0.1, 0.15) is 5.75 Å². The molecule has 0 bridgehead atoms. The lowest BCUT2D eigenvalue weighted by molar-refractivity contribution is -0.123. The lowest BCUT2D eigenvalue weighted by atomic mass is 9.95. The zero-order valence-electron chi connectivity index (χ0n) is 14.6. The summed E-state index contributed by atoms with van der Waals surface area (Å²) < 4.78 is 16.1. The predicted molar refractivity (Wildman–Crippen MR) is 95.4 cm³/mol. The normalized spacial score (nSPS) is 14.5. The van der Waals surface area contributed by atoms with Crippen LogP contribution in [0.5, 0.6) is 17.2 Å². The maximum absolute atomic E-state index is 12.1. The van der Waals surface area contributed by atoms with E-state index in [2.05, 4.69) is 5.32 Å². The van der Waals surface area contributed by atoms with Crippen molar-refractivity contribution < 1.29 is 19.0 Å². The van der Waals surface area contributed by atoms with Gasteiger partial charge < -0.3 is 19.5 Å². The molecule has 2 aromatic rings. The van der Waals surface area contributed by atoms with Crippen molar-refractivity contribution in [3.63, 3.8) is 0 Å². The molecule has 1 aliphatic carbocycles. The van der Waals surface area contributed by atoms with Crippen molar-refractivity contribution in [3.05, 3.63) is 54.1 Å². The Labute approximate surface area is 147 Å². The molecule has 0 saturated heterocycles. The standard InChI is InChI=1S/C20H23NO4/c1-23-17-9-8-15(12-18(17)24-2)20(10-11-20)14-21-19(22)13-25-16-6-4-3-5-7-16/h3-9,12H,10-11,13-14H2,1-2H3,(H,21,22). The number of amides is 1. The Balaban J connectivity index is 1.56. The Bertz CT molecular complexity index is 726. The van der Waals surface area contributed by atoms with Gasteiger partial charge in [0.2, 0.25) is 0 Å². The molecule has 0 aromatic heterocycles. The van der Waals surface area contributed by atoms with Crippen molar-refractivity contribution in [3.8, 4) is 17.2 Å². The fraction of sp³-hybridized carbons (Fsp3) is 0.350. The van der Waals surface area contributed by atoms with Crippen LogP contribution in [0.3, 0.4) is 0 Å². The van der Waals surface area contributed by atoms with Gasteiger partial charge in [-0.3, -0.25) is 4.79 Å². The number of nitrogens with one attached hydrogen (secondary N) is 1. The molecule has 0 unspecified atom stereocenters. The summed E-state index contributed by atoms with van der Waals surface area (Å²) in [5.74, 6) is 2.00. The van der Waals surface area contributed by atoms with Gasteiger partial charge in [0.05, 0.1) is 14.2 Å². The first kappa shape index (κ1) is 17.1. The molecule has 1 aliphatic rings. The SMILES string of the molecule is COc1ccc(C2(CNC(=O)COc3ccccc3)CC2)cc1OC. The Hall–Kier alpha value is -2.69. The number of para-hydroxylation sites is 1. The van der Waals surface area contributed by atoms with Gasteiger partial charge in [-0.25, -0.2) is 0 Å². The third-order valence-corrected chi connectivity index (χ3v) is 4.59. The lowest BCUT2D eigenvalue weighted by Crippen LogP contribution is -2.35. The summed E-state index contributed by atoms with van der Waals surface area (Å²) in [6, 6.07) is 15.3. The average Bonchev–Trinajstić information content (AvgIpc) is 3.46. The molecule has 0 atom stereocenters. The van der Waals surface area contributed by atoms with Crippen molar-refractivity contribution in [2.24, 2.45) is 0 Å². The summed E-state index contributed by atoms with van der Waals surface area (Å²) in [6.45, 7) is 0.617. The minimum absolute atomic E-state index is 0.0119. The Morgan fingerprint density at radius 1 is 1.04 bits per heavy atom. The zero-order valence-corrected chi connectivity index (χ0v) is 14.6. The number of ether oxygens (including phenoxy) is 3. The van der Waals surface area contributed by atoms with Crippen molar-refractivity contribution in [2.45, 2.75) is 18.3 Å². The third-order valence-electron chi connectivity index (χ3n) is 4.59. The van der Waals surface area contributed by atoms with Gasteiger partial charge >= 0.3 is 0 Å². The largest absolute Gasteiger partial charge is 0.493 e. The maximum Gasteiger partial charge on any atom is 0.257 e.